The molecule has 17 heavy (non-hydrogen) atoms. The van der Waals surface area contributed by atoms with Gasteiger partial charge in [0.1, 0.15) is 0 Å². The van der Waals surface area contributed by atoms with E-state index in [9.17, 15) is 0 Å². The van der Waals surface area contributed by atoms with Gasteiger partial charge in [-0.05, 0) is 44.0 Å². The van der Waals surface area contributed by atoms with Gasteiger partial charge in [-0.3, -0.25) is 0 Å². The predicted octanol–water partition coefficient (Wildman–Crippen LogP) is 1.68. The Hall–Kier alpha value is -1.55. The smallest absolute Gasteiger partial charge is 0.201 e. The number of nitrogens with zero attached hydrogens (tertiary/aromatic N) is 2. The van der Waals surface area contributed by atoms with Crippen LogP contribution in [0.15, 0.2) is 18.2 Å². The van der Waals surface area contributed by atoms with Crippen LogP contribution in [-0.2, 0) is 6.54 Å². The number of nitrogens with one attached hydrogen (secondary N) is 1. The Morgan fingerprint density at radius 2 is 2.41 bits per heavy atom. The maximum Gasteiger partial charge on any atom is 0.201 e. The number of nitrogens with two attached hydrogens (primary N) is 1. The van der Waals surface area contributed by atoms with E-state index < -0.39 is 0 Å². The molecule has 1 aliphatic heterocycles. The van der Waals surface area contributed by atoms with Crippen molar-refractivity contribution >= 4 is 17.0 Å². The molecule has 1 aliphatic rings. The van der Waals surface area contributed by atoms with Crippen molar-refractivity contribution in [2.45, 2.75) is 32.4 Å². The van der Waals surface area contributed by atoms with Crippen LogP contribution in [-0.4, -0.2) is 22.1 Å². The fourth-order valence-electron chi connectivity index (χ4n) is 2.58. The largest absolute Gasteiger partial charge is 0.369 e. The van der Waals surface area contributed by atoms with Crippen LogP contribution in [0.2, 0.25) is 0 Å². The average Bonchev–Trinajstić information content (AvgIpc) is 2.88. The van der Waals surface area contributed by atoms with Gasteiger partial charge >= 0.3 is 0 Å². The number of hydrogen-bond donors (Lipinski definition) is 2. The number of nitrogen functional groups attached to an aromatic ring is 1. The zero-order chi connectivity index (χ0) is 11.8. The summed E-state index contributed by atoms with van der Waals surface area (Å²) in [6.45, 7) is 4.12. The highest BCUT2D eigenvalue weighted by atomic mass is 15.2. The van der Waals surface area contributed by atoms with Gasteiger partial charge in [0.2, 0.25) is 5.95 Å². The summed E-state index contributed by atoms with van der Waals surface area (Å²) in [5.74, 6) is 0.624. The van der Waals surface area contributed by atoms with E-state index in [2.05, 4.69) is 40.0 Å². The van der Waals surface area contributed by atoms with E-state index in [1.165, 1.54) is 18.4 Å². The van der Waals surface area contributed by atoms with Crippen molar-refractivity contribution in [2.75, 3.05) is 12.3 Å². The zero-order valence-corrected chi connectivity index (χ0v) is 10.1. The molecule has 3 N–H and O–H groups in total. The van der Waals surface area contributed by atoms with Crippen LogP contribution in [0.1, 0.15) is 18.4 Å². The molecule has 1 unspecified atom stereocenters. The van der Waals surface area contributed by atoms with E-state index >= 15 is 0 Å². The van der Waals surface area contributed by atoms with Crippen LogP contribution in [0.3, 0.4) is 0 Å². The molecule has 0 amide bonds. The molecular formula is C13H18N4. The first-order valence-corrected chi connectivity index (χ1v) is 6.20. The minimum atomic E-state index is 0.538. The molecule has 0 saturated carbocycles. The van der Waals surface area contributed by atoms with E-state index in [0.717, 1.165) is 24.1 Å². The first-order chi connectivity index (χ1) is 8.24. The summed E-state index contributed by atoms with van der Waals surface area (Å²) in [5.41, 5.74) is 9.37. The molecule has 0 aliphatic carbocycles. The second-order valence-corrected chi connectivity index (χ2v) is 4.87. The van der Waals surface area contributed by atoms with Gasteiger partial charge in [0.05, 0.1) is 11.0 Å². The quantitative estimate of drug-likeness (QED) is 0.825. The van der Waals surface area contributed by atoms with Gasteiger partial charge in [-0.2, -0.15) is 0 Å². The van der Waals surface area contributed by atoms with Crippen LogP contribution in [0.25, 0.3) is 11.0 Å². The van der Waals surface area contributed by atoms with Crippen LogP contribution >= 0.6 is 0 Å². The Morgan fingerprint density at radius 3 is 3.18 bits per heavy atom. The van der Waals surface area contributed by atoms with E-state index in [1.54, 1.807) is 0 Å². The van der Waals surface area contributed by atoms with Crippen molar-refractivity contribution in [3.8, 4) is 0 Å². The van der Waals surface area contributed by atoms with Crippen molar-refractivity contribution in [1.29, 1.82) is 0 Å². The molecule has 90 valence electrons. The van der Waals surface area contributed by atoms with Crippen molar-refractivity contribution in [2.24, 2.45) is 0 Å². The van der Waals surface area contributed by atoms with Gasteiger partial charge in [0, 0.05) is 12.6 Å². The Labute approximate surface area is 101 Å². The fourth-order valence-corrected chi connectivity index (χ4v) is 2.58. The number of fused-ring (bicyclic) bond motifs is 1. The second-order valence-electron chi connectivity index (χ2n) is 4.87. The molecular weight excluding hydrogens is 212 g/mol. The molecule has 0 bridgehead atoms. The van der Waals surface area contributed by atoms with E-state index in [-0.39, 0.29) is 0 Å². The van der Waals surface area contributed by atoms with Crippen LogP contribution < -0.4 is 11.1 Å². The number of aromatic nitrogens is 2. The number of anilines is 1. The molecule has 2 heterocycles. The SMILES string of the molecule is Cc1ccc2c(c1)nc(N)n2CC1CCCN1. The van der Waals surface area contributed by atoms with E-state index in [4.69, 9.17) is 5.73 Å². The highest BCUT2D eigenvalue weighted by molar-refractivity contribution is 5.79. The minimum Gasteiger partial charge on any atom is -0.369 e. The maximum atomic E-state index is 6.01. The molecule has 1 aromatic heterocycles. The lowest BCUT2D eigenvalue weighted by Gasteiger charge is -2.13. The highest BCUT2D eigenvalue weighted by Crippen LogP contribution is 2.20. The summed E-state index contributed by atoms with van der Waals surface area (Å²) in [6.07, 6.45) is 2.49. The van der Waals surface area contributed by atoms with Crippen LogP contribution in [0.5, 0.6) is 0 Å². The van der Waals surface area contributed by atoms with Crippen molar-refractivity contribution in [3.05, 3.63) is 23.8 Å². The first kappa shape index (κ1) is 10.6. The number of rotatable bonds is 2. The Bertz CT molecular complexity index is 538. The standard InChI is InChI=1S/C13H18N4/c1-9-4-5-12-11(7-9)16-13(14)17(12)8-10-3-2-6-15-10/h4-5,7,10,15H,2-3,6,8H2,1H3,(H2,14,16). The second kappa shape index (κ2) is 4.04. The summed E-state index contributed by atoms with van der Waals surface area (Å²) >= 11 is 0. The topological polar surface area (TPSA) is 55.9 Å². The molecule has 4 heteroatoms. The molecule has 4 nitrogen and oxygen atoms in total. The van der Waals surface area contributed by atoms with E-state index in [1.807, 2.05) is 0 Å². The van der Waals surface area contributed by atoms with Crippen LogP contribution in [0, 0.1) is 6.92 Å². The number of benzene rings is 1. The monoisotopic (exact) mass is 230 g/mol. The number of imidazole rings is 1. The Morgan fingerprint density at radius 1 is 1.53 bits per heavy atom. The molecule has 3 rings (SSSR count). The first-order valence-electron chi connectivity index (χ1n) is 6.20. The van der Waals surface area contributed by atoms with E-state index in [0.29, 0.717) is 12.0 Å². The van der Waals surface area contributed by atoms with Crippen molar-refractivity contribution < 1.29 is 0 Å². The van der Waals surface area contributed by atoms with Gasteiger partial charge in [-0.15, -0.1) is 0 Å². The minimum absolute atomic E-state index is 0.538. The van der Waals surface area contributed by atoms with Crippen molar-refractivity contribution in [1.82, 2.24) is 14.9 Å². The lowest BCUT2D eigenvalue weighted by molar-refractivity contribution is 0.521. The molecule has 1 fully saturated rings. The Kier molecular flexibility index (Phi) is 2.52. The lowest BCUT2D eigenvalue weighted by Crippen LogP contribution is -2.27. The average molecular weight is 230 g/mol. The van der Waals surface area contributed by atoms with Gasteiger partial charge in [-0.1, -0.05) is 6.07 Å². The molecule has 1 aromatic carbocycles. The number of aryl methyl sites for hydroxylation is 1. The molecule has 0 spiro atoms. The van der Waals surface area contributed by atoms with Crippen molar-refractivity contribution in [3.63, 3.8) is 0 Å². The summed E-state index contributed by atoms with van der Waals surface area (Å²) in [4.78, 5) is 4.43. The molecule has 1 atom stereocenters. The fraction of sp³-hybridized carbons (Fsp3) is 0.462. The Balaban J connectivity index is 1.99. The summed E-state index contributed by atoms with van der Waals surface area (Å²) in [7, 11) is 0. The van der Waals surface area contributed by atoms with Gasteiger partial charge in [0.25, 0.3) is 0 Å². The molecule has 1 saturated heterocycles. The number of hydrogen-bond acceptors (Lipinski definition) is 3. The third-order valence-corrected chi connectivity index (χ3v) is 3.50. The molecule has 2 aromatic rings. The lowest BCUT2D eigenvalue weighted by atomic mass is 10.2. The summed E-state index contributed by atoms with van der Waals surface area (Å²) in [6, 6.07) is 6.85. The third kappa shape index (κ3) is 1.89. The van der Waals surface area contributed by atoms with Crippen LogP contribution in [0.4, 0.5) is 5.95 Å². The zero-order valence-electron chi connectivity index (χ0n) is 10.1. The summed E-state index contributed by atoms with van der Waals surface area (Å²) in [5, 5.41) is 3.49. The normalized spacial score (nSPS) is 20.2. The maximum absolute atomic E-state index is 6.01. The van der Waals surface area contributed by atoms with Gasteiger partial charge in [0.15, 0.2) is 0 Å². The molecule has 0 radical (unpaired) electrons. The van der Waals surface area contributed by atoms with Gasteiger partial charge < -0.3 is 15.6 Å². The van der Waals surface area contributed by atoms with Gasteiger partial charge in [-0.25, -0.2) is 4.98 Å². The predicted molar refractivity (Wildman–Crippen MR) is 69.9 cm³/mol. The third-order valence-electron chi connectivity index (χ3n) is 3.50. The highest BCUT2D eigenvalue weighted by Gasteiger charge is 2.17. The summed E-state index contributed by atoms with van der Waals surface area (Å²) < 4.78 is 2.12.